The van der Waals surface area contributed by atoms with Crippen molar-refractivity contribution in [3.8, 4) is 11.1 Å². The second-order valence-electron chi connectivity index (χ2n) is 7.67. The number of likely N-dealkylation sites (N-methyl/N-ethyl adjacent to an activating group) is 1. The Bertz CT molecular complexity index is 1240. The number of carbonyl (C=O) groups is 1. The number of anilines is 2. The van der Waals surface area contributed by atoms with Crippen molar-refractivity contribution in [1.29, 1.82) is 0 Å². The smallest absolute Gasteiger partial charge is 0.276 e. The summed E-state index contributed by atoms with van der Waals surface area (Å²) in [4.78, 5) is 21.8. The molecule has 1 aliphatic heterocycles. The molecule has 0 spiro atoms. The Balaban J connectivity index is 1.33. The first-order valence-corrected chi connectivity index (χ1v) is 10.9. The Morgan fingerprint density at radius 2 is 1.90 bits per heavy atom. The van der Waals surface area contributed by atoms with Crippen LogP contribution in [0.4, 0.5) is 10.9 Å². The molecule has 0 saturated carbocycles. The fourth-order valence-corrected chi connectivity index (χ4v) is 4.41. The number of hydrogen-bond donors (Lipinski definition) is 1. The lowest BCUT2D eigenvalue weighted by Gasteiger charge is -2.32. The molecule has 9 nitrogen and oxygen atoms in total. The summed E-state index contributed by atoms with van der Waals surface area (Å²) < 4.78 is 1.76. The summed E-state index contributed by atoms with van der Waals surface area (Å²) in [6, 6.07) is 7.75. The second-order valence-corrected chi connectivity index (χ2v) is 8.50. The van der Waals surface area contributed by atoms with Gasteiger partial charge in [-0.3, -0.25) is 9.48 Å². The number of fused-ring (bicyclic) bond motifs is 1. The van der Waals surface area contributed by atoms with E-state index in [1.165, 1.54) is 11.3 Å². The van der Waals surface area contributed by atoms with Gasteiger partial charge in [0.1, 0.15) is 5.69 Å². The third-order valence-electron chi connectivity index (χ3n) is 5.36. The minimum Gasteiger partial charge on any atom is -0.346 e. The molecule has 0 bridgehead atoms. The average Bonchev–Trinajstić information content (AvgIpc) is 3.43. The van der Waals surface area contributed by atoms with Gasteiger partial charge in [-0.2, -0.15) is 5.10 Å². The van der Waals surface area contributed by atoms with E-state index in [9.17, 15) is 4.79 Å². The number of nitrogens with one attached hydrogen (secondary N) is 1. The topological polar surface area (TPSA) is 92.1 Å². The number of benzene rings is 1. The number of aryl methyl sites for hydroxylation is 1. The lowest BCUT2D eigenvalue weighted by atomic mass is 10.1. The molecule has 0 aliphatic carbocycles. The maximum atomic E-state index is 12.7. The Kier molecular flexibility index (Phi) is 5.08. The van der Waals surface area contributed by atoms with Gasteiger partial charge >= 0.3 is 0 Å². The van der Waals surface area contributed by atoms with Crippen LogP contribution in [0.2, 0.25) is 0 Å². The van der Waals surface area contributed by atoms with Gasteiger partial charge in [0.25, 0.3) is 5.91 Å². The SMILES string of the molecule is CN1CCN(c2nc(C(=O)Nc3cc4cc(-c5cnn(C)c5)ccc4nn3)cs2)CC1. The van der Waals surface area contributed by atoms with Gasteiger partial charge in [0.15, 0.2) is 10.9 Å². The molecule has 1 N–H and O–H groups in total. The summed E-state index contributed by atoms with van der Waals surface area (Å²) in [5.74, 6) is 0.115. The molecule has 5 rings (SSSR count). The maximum absolute atomic E-state index is 12.7. The quantitative estimate of drug-likeness (QED) is 0.528. The number of nitrogens with zero attached hydrogens (tertiary/aromatic N) is 7. The Morgan fingerprint density at radius 1 is 1.06 bits per heavy atom. The van der Waals surface area contributed by atoms with Crippen molar-refractivity contribution in [3.63, 3.8) is 0 Å². The highest BCUT2D eigenvalue weighted by molar-refractivity contribution is 7.14. The molecule has 4 heterocycles. The predicted molar refractivity (Wildman–Crippen MR) is 122 cm³/mol. The molecule has 1 saturated heterocycles. The number of amides is 1. The lowest BCUT2D eigenvalue weighted by Crippen LogP contribution is -2.44. The van der Waals surface area contributed by atoms with Crippen LogP contribution in [-0.2, 0) is 7.05 Å². The monoisotopic (exact) mass is 434 g/mol. The number of thiazole rings is 1. The fourth-order valence-electron chi connectivity index (χ4n) is 3.55. The number of carbonyl (C=O) groups excluding carboxylic acids is 1. The van der Waals surface area contributed by atoms with Crippen molar-refractivity contribution < 1.29 is 4.79 Å². The molecule has 4 aromatic rings. The molecule has 0 unspecified atom stereocenters. The molecule has 0 atom stereocenters. The zero-order chi connectivity index (χ0) is 21.4. The highest BCUT2D eigenvalue weighted by Gasteiger charge is 2.19. The first-order valence-electron chi connectivity index (χ1n) is 10.0. The highest BCUT2D eigenvalue weighted by Crippen LogP contribution is 2.25. The van der Waals surface area contributed by atoms with E-state index in [1.807, 2.05) is 43.7 Å². The molecule has 10 heteroatoms. The Morgan fingerprint density at radius 3 is 2.68 bits per heavy atom. The first-order chi connectivity index (χ1) is 15.0. The van der Waals surface area contributed by atoms with Crippen LogP contribution in [0, 0.1) is 0 Å². The zero-order valence-corrected chi connectivity index (χ0v) is 18.1. The van der Waals surface area contributed by atoms with E-state index in [-0.39, 0.29) is 5.91 Å². The molecular formula is C21H22N8OS. The lowest BCUT2D eigenvalue weighted by molar-refractivity contribution is 0.102. The average molecular weight is 435 g/mol. The number of aromatic nitrogens is 5. The molecule has 0 radical (unpaired) electrons. The predicted octanol–water partition coefficient (Wildman–Crippen LogP) is 2.49. The largest absolute Gasteiger partial charge is 0.346 e. The standard InChI is InChI=1S/C21H22N8OS/c1-27-5-7-29(8-6-27)21-23-18(13-31-21)20(30)24-19-10-15-9-14(3-4-17(15)25-26-19)16-11-22-28(2)12-16/h3-4,9-13H,5-8H2,1-2H3,(H,24,26,30). The normalized spacial score (nSPS) is 14.8. The van der Waals surface area contributed by atoms with Gasteiger partial charge < -0.3 is 15.1 Å². The van der Waals surface area contributed by atoms with Crippen LogP contribution in [0.3, 0.4) is 0 Å². The van der Waals surface area contributed by atoms with Crippen molar-refractivity contribution in [1.82, 2.24) is 29.9 Å². The molecular weight excluding hydrogens is 412 g/mol. The van der Waals surface area contributed by atoms with Gasteiger partial charge in [0.2, 0.25) is 0 Å². The minimum atomic E-state index is -0.284. The van der Waals surface area contributed by atoms with Gasteiger partial charge in [-0.15, -0.1) is 21.5 Å². The van der Waals surface area contributed by atoms with Gasteiger partial charge in [0, 0.05) is 55.8 Å². The van der Waals surface area contributed by atoms with Crippen molar-refractivity contribution in [2.24, 2.45) is 7.05 Å². The van der Waals surface area contributed by atoms with Crippen LogP contribution in [0.5, 0.6) is 0 Å². The second kappa shape index (κ2) is 8.05. The summed E-state index contributed by atoms with van der Waals surface area (Å²) in [6.45, 7) is 3.82. The molecule has 1 aliphatic rings. The maximum Gasteiger partial charge on any atom is 0.276 e. The molecule has 1 fully saturated rings. The number of piperazine rings is 1. The third kappa shape index (κ3) is 4.12. The summed E-state index contributed by atoms with van der Waals surface area (Å²) in [5.41, 5.74) is 3.20. The third-order valence-corrected chi connectivity index (χ3v) is 6.26. The van der Waals surface area contributed by atoms with Crippen LogP contribution >= 0.6 is 11.3 Å². The van der Waals surface area contributed by atoms with Crippen molar-refractivity contribution in [2.75, 3.05) is 43.4 Å². The molecule has 1 aromatic carbocycles. The van der Waals surface area contributed by atoms with Crippen LogP contribution in [-0.4, -0.2) is 69.0 Å². The van der Waals surface area contributed by atoms with E-state index in [2.05, 4.69) is 42.4 Å². The van der Waals surface area contributed by atoms with Crippen molar-refractivity contribution in [2.45, 2.75) is 0 Å². The summed E-state index contributed by atoms with van der Waals surface area (Å²) in [6.07, 6.45) is 3.78. The van der Waals surface area contributed by atoms with E-state index >= 15 is 0 Å². The van der Waals surface area contributed by atoms with Crippen LogP contribution in [0.1, 0.15) is 10.5 Å². The van der Waals surface area contributed by atoms with E-state index < -0.39 is 0 Å². The van der Waals surface area contributed by atoms with E-state index in [0.29, 0.717) is 11.5 Å². The van der Waals surface area contributed by atoms with E-state index in [4.69, 9.17) is 0 Å². The van der Waals surface area contributed by atoms with Crippen LogP contribution < -0.4 is 10.2 Å². The Hall–Kier alpha value is -3.37. The van der Waals surface area contributed by atoms with Gasteiger partial charge in [-0.1, -0.05) is 6.07 Å². The van der Waals surface area contributed by atoms with Crippen molar-refractivity contribution in [3.05, 3.63) is 47.7 Å². The molecule has 3 aromatic heterocycles. The number of rotatable bonds is 4. The molecule has 158 valence electrons. The zero-order valence-electron chi connectivity index (χ0n) is 17.3. The van der Waals surface area contributed by atoms with E-state index in [0.717, 1.165) is 53.3 Å². The van der Waals surface area contributed by atoms with E-state index in [1.54, 1.807) is 10.1 Å². The number of hydrogen-bond acceptors (Lipinski definition) is 8. The first kappa shape index (κ1) is 19.6. The van der Waals surface area contributed by atoms with Gasteiger partial charge in [-0.25, -0.2) is 4.98 Å². The minimum absolute atomic E-state index is 0.284. The van der Waals surface area contributed by atoms with Gasteiger partial charge in [0.05, 0.1) is 11.7 Å². The van der Waals surface area contributed by atoms with Crippen molar-refractivity contribution >= 4 is 39.1 Å². The molecule has 31 heavy (non-hydrogen) atoms. The highest BCUT2D eigenvalue weighted by atomic mass is 32.1. The fraction of sp³-hybridized carbons (Fsp3) is 0.286. The van der Waals surface area contributed by atoms with Gasteiger partial charge in [-0.05, 0) is 30.8 Å². The molecule has 1 amide bonds. The Labute approximate surface area is 183 Å². The summed E-state index contributed by atoms with van der Waals surface area (Å²) in [5, 5.41) is 19.0. The van der Waals surface area contributed by atoms with Crippen LogP contribution in [0.15, 0.2) is 42.0 Å². The summed E-state index contributed by atoms with van der Waals surface area (Å²) in [7, 11) is 4.00. The van der Waals surface area contributed by atoms with Crippen LogP contribution in [0.25, 0.3) is 22.0 Å². The summed E-state index contributed by atoms with van der Waals surface area (Å²) >= 11 is 1.49.